The molecule has 0 aromatic carbocycles. The summed E-state index contributed by atoms with van der Waals surface area (Å²) in [5, 5.41) is 10.4. The van der Waals surface area contributed by atoms with Crippen molar-refractivity contribution >= 4 is 39.8 Å². The third kappa shape index (κ3) is 3.12. The average Bonchev–Trinajstić information content (AvgIpc) is 3.15. The van der Waals surface area contributed by atoms with Gasteiger partial charge in [-0.2, -0.15) is 0 Å². The minimum Gasteiger partial charge on any atom is -0.395 e. The Morgan fingerprint density at radius 3 is 2.62 bits per heavy atom. The largest absolute Gasteiger partial charge is 0.395 e. The fraction of sp³-hybridized carbons (Fsp3) is 0.647. The zero-order valence-electron chi connectivity index (χ0n) is 14.1. The molecule has 0 amide bonds. The summed E-state index contributed by atoms with van der Waals surface area (Å²) < 4.78 is 0. The molecule has 0 radical (unpaired) electrons. The van der Waals surface area contributed by atoms with Gasteiger partial charge in [0.15, 0.2) is 0 Å². The van der Waals surface area contributed by atoms with Crippen molar-refractivity contribution in [2.24, 2.45) is 0 Å². The Labute approximate surface area is 153 Å². The monoisotopic (exact) mass is 368 g/mol. The molecule has 132 valence electrons. The van der Waals surface area contributed by atoms with E-state index >= 15 is 0 Å². The number of rotatable bonds is 4. The summed E-state index contributed by atoms with van der Waals surface area (Å²) in [7, 11) is 0. The zero-order chi connectivity index (χ0) is 15.8. The predicted molar refractivity (Wildman–Crippen MR) is 102 cm³/mol. The number of anilines is 1. The molecule has 3 heterocycles. The van der Waals surface area contributed by atoms with E-state index < -0.39 is 0 Å². The third-order valence-electron chi connectivity index (χ3n) is 5.00. The van der Waals surface area contributed by atoms with Crippen LogP contribution in [0.5, 0.6) is 0 Å². The molecular formula is C17H25ClN4OS. The lowest BCUT2D eigenvalue weighted by Crippen LogP contribution is -2.47. The maximum atomic E-state index is 9.11. The summed E-state index contributed by atoms with van der Waals surface area (Å²) in [6, 6.07) is 0. The van der Waals surface area contributed by atoms with Crippen LogP contribution in [0.1, 0.15) is 29.6 Å². The Kier molecular flexibility index (Phi) is 5.59. The number of hydrogen-bond donors (Lipinski definition) is 1. The Bertz CT molecular complexity index is 712. The van der Waals surface area contributed by atoms with Gasteiger partial charge in [0.25, 0.3) is 0 Å². The summed E-state index contributed by atoms with van der Waals surface area (Å²) in [6.45, 7) is 7.13. The first-order valence-electron chi connectivity index (χ1n) is 8.69. The van der Waals surface area contributed by atoms with E-state index in [9.17, 15) is 0 Å². The Morgan fingerprint density at radius 1 is 1.12 bits per heavy atom. The second-order valence-electron chi connectivity index (χ2n) is 6.41. The lowest BCUT2D eigenvalue weighted by molar-refractivity contribution is 0.188. The highest BCUT2D eigenvalue weighted by Crippen LogP contribution is 2.40. The van der Waals surface area contributed by atoms with Crippen molar-refractivity contribution in [3.05, 3.63) is 16.3 Å². The van der Waals surface area contributed by atoms with E-state index in [4.69, 9.17) is 15.1 Å². The number of β-amino-alcohol motifs (C(OH)–C–C–N with tert-alkyl or cyclic N) is 1. The van der Waals surface area contributed by atoms with E-state index in [1.54, 1.807) is 0 Å². The molecule has 1 N–H and O–H groups in total. The minimum atomic E-state index is 0. The third-order valence-corrected chi connectivity index (χ3v) is 6.18. The SMILES string of the molecule is CCc1nc(N2CCN(CCO)CC2)c2c3c(sc2n1)CCC3.Cl. The van der Waals surface area contributed by atoms with Crippen LogP contribution in [0.25, 0.3) is 10.2 Å². The second-order valence-corrected chi connectivity index (χ2v) is 7.49. The number of aromatic nitrogens is 2. The molecule has 24 heavy (non-hydrogen) atoms. The van der Waals surface area contributed by atoms with E-state index in [1.165, 1.54) is 39.9 Å². The number of aliphatic hydroxyl groups is 1. The van der Waals surface area contributed by atoms with Gasteiger partial charge in [0.1, 0.15) is 16.5 Å². The topological polar surface area (TPSA) is 52.5 Å². The van der Waals surface area contributed by atoms with E-state index in [0.717, 1.165) is 50.8 Å². The van der Waals surface area contributed by atoms with Crippen LogP contribution in [-0.4, -0.2) is 59.3 Å². The van der Waals surface area contributed by atoms with Crippen LogP contribution >= 0.6 is 23.7 Å². The molecule has 2 aromatic rings. The van der Waals surface area contributed by atoms with E-state index in [1.807, 2.05) is 11.3 Å². The first-order valence-corrected chi connectivity index (χ1v) is 9.51. The number of fused-ring (bicyclic) bond motifs is 3. The van der Waals surface area contributed by atoms with Gasteiger partial charge in [0.05, 0.1) is 12.0 Å². The van der Waals surface area contributed by atoms with Gasteiger partial charge in [-0.25, -0.2) is 9.97 Å². The van der Waals surface area contributed by atoms with Crippen LogP contribution in [0.15, 0.2) is 0 Å². The van der Waals surface area contributed by atoms with Gasteiger partial charge in [-0.3, -0.25) is 4.90 Å². The molecule has 7 heteroatoms. The van der Waals surface area contributed by atoms with E-state index in [-0.39, 0.29) is 19.0 Å². The fourth-order valence-electron chi connectivity index (χ4n) is 3.73. The van der Waals surface area contributed by atoms with Crippen molar-refractivity contribution in [3.8, 4) is 0 Å². The van der Waals surface area contributed by atoms with Gasteiger partial charge in [-0.1, -0.05) is 6.92 Å². The summed E-state index contributed by atoms with van der Waals surface area (Å²) in [4.78, 5) is 17.2. The van der Waals surface area contributed by atoms with Crippen molar-refractivity contribution in [2.45, 2.75) is 32.6 Å². The molecule has 2 aromatic heterocycles. The standard InChI is InChI=1S/C17H24N4OS.ClH/c1-2-14-18-16(21-8-6-20(7-9-21)10-11-22)15-12-4-3-5-13(12)23-17(15)19-14;/h22H,2-11H2,1H3;1H. The number of aliphatic hydroxyl groups excluding tert-OH is 1. The highest BCUT2D eigenvalue weighted by atomic mass is 35.5. The van der Waals surface area contributed by atoms with Crippen molar-refractivity contribution in [2.75, 3.05) is 44.2 Å². The van der Waals surface area contributed by atoms with Gasteiger partial charge in [-0.15, -0.1) is 23.7 Å². The lowest BCUT2D eigenvalue weighted by Gasteiger charge is -2.35. The Hall–Kier alpha value is -0.950. The van der Waals surface area contributed by atoms with Crippen LogP contribution in [0.3, 0.4) is 0 Å². The summed E-state index contributed by atoms with van der Waals surface area (Å²) in [5.74, 6) is 2.13. The van der Waals surface area contributed by atoms with Gasteiger partial charge in [-0.05, 0) is 24.8 Å². The molecule has 0 spiro atoms. The summed E-state index contributed by atoms with van der Waals surface area (Å²) in [6.07, 6.45) is 4.55. The maximum Gasteiger partial charge on any atom is 0.141 e. The first kappa shape index (κ1) is 17.9. The normalized spacial score (nSPS) is 18.0. The number of aryl methyl sites for hydroxylation is 3. The lowest BCUT2D eigenvalue weighted by atomic mass is 10.1. The van der Waals surface area contributed by atoms with Crippen LogP contribution in [0, 0.1) is 0 Å². The molecule has 1 aliphatic heterocycles. The highest BCUT2D eigenvalue weighted by Gasteiger charge is 2.26. The predicted octanol–water partition coefficient (Wildman–Crippen LogP) is 2.28. The van der Waals surface area contributed by atoms with Crippen LogP contribution < -0.4 is 4.90 Å². The Balaban J connectivity index is 0.00000169. The van der Waals surface area contributed by atoms with Crippen LogP contribution in [-0.2, 0) is 19.3 Å². The number of thiophene rings is 1. The van der Waals surface area contributed by atoms with Gasteiger partial charge < -0.3 is 10.0 Å². The molecule has 0 unspecified atom stereocenters. The summed E-state index contributed by atoms with van der Waals surface area (Å²) in [5.41, 5.74) is 1.51. The van der Waals surface area contributed by atoms with Gasteiger partial charge in [0.2, 0.25) is 0 Å². The number of hydrogen-bond acceptors (Lipinski definition) is 6. The molecule has 0 saturated carbocycles. The number of nitrogens with zero attached hydrogens (tertiary/aromatic N) is 4. The molecule has 0 bridgehead atoms. The second kappa shape index (κ2) is 7.52. The van der Waals surface area contributed by atoms with Crippen molar-refractivity contribution < 1.29 is 5.11 Å². The van der Waals surface area contributed by atoms with Gasteiger partial charge in [0, 0.05) is 44.0 Å². The fourth-order valence-corrected chi connectivity index (χ4v) is 5.01. The van der Waals surface area contributed by atoms with Crippen molar-refractivity contribution in [1.29, 1.82) is 0 Å². The van der Waals surface area contributed by atoms with Crippen LogP contribution in [0.4, 0.5) is 5.82 Å². The van der Waals surface area contributed by atoms with Gasteiger partial charge >= 0.3 is 0 Å². The van der Waals surface area contributed by atoms with E-state index in [0.29, 0.717) is 0 Å². The number of piperazine rings is 1. The summed E-state index contributed by atoms with van der Waals surface area (Å²) >= 11 is 1.88. The highest BCUT2D eigenvalue weighted by molar-refractivity contribution is 7.19. The van der Waals surface area contributed by atoms with E-state index in [2.05, 4.69) is 16.7 Å². The molecular weight excluding hydrogens is 344 g/mol. The minimum absolute atomic E-state index is 0. The van der Waals surface area contributed by atoms with Crippen LogP contribution in [0.2, 0.25) is 0 Å². The number of halogens is 1. The average molecular weight is 369 g/mol. The molecule has 0 atom stereocenters. The molecule has 4 rings (SSSR count). The molecule has 1 fully saturated rings. The molecule has 1 aliphatic carbocycles. The molecule has 1 saturated heterocycles. The van der Waals surface area contributed by atoms with Crippen molar-refractivity contribution in [1.82, 2.24) is 14.9 Å². The Morgan fingerprint density at radius 2 is 1.92 bits per heavy atom. The molecule has 5 nitrogen and oxygen atoms in total. The quantitative estimate of drug-likeness (QED) is 0.897. The van der Waals surface area contributed by atoms with Crippen molar-refractivity contribution in [3.63, 3.8) is 0 Å². The smallest absolute Gasteiger partial charge is 0.141 e. The zero-order valence-corrected chi connectivity index (χ0v) is 15.8. The molecule has 2 aliphatic rings. The maximum absolute atomic E-state index is 9.11. The first-order chi connectivity index (χ1) is 11.3.